The van der Waals surface area contributed by atoms with E-state index in [0.717, 1.165) is 29.6 Å². The molecule has 1 unspecified atom stereocenters. The van der Waals surface area contributed by atoms with Crippen LogP contribution in [0.2, 0.25) is 0 Å². The molecule has 4 nitrogen and oxygen atoms in total. The Morgan fingerprint density at radius 3 is 2.85 bits per heavy atom. The van der Waals surface area contributed by atoms with Crippen molar-refractivity contribution in [1.29, 1.82) is 0 Å². The molecule has 1 amide bonds. The molecule has 2 aromatic rings. The molecule has 3 N–H and O–H groups in total. The maximum Gasteiger partial charge on any atom is 0.236 e. The summed E-state index contributed by atoms with van der Waals surface area (Å²) in [6.07, 6.45) is 2.31. The summed E-state index contributed by atoms with van der Waals surface area (Å²) in [5, 5.41) is 3.93. The fourth-order valence-corrected chi connectivity index (χ4v) is 2.04. The number of benzene rings is 1. The highest BCUT2D eigenvalue weighted by Gasteiger charge is 2.11. The molecule has 20 heavy (non-hydrogen) atoms. The van der Waals surface area contributed by atoms with E-state index in [1.54, 1.807) is 0 Å². The molecule has 0 radical (unpaired) electrons. The summed E-state index contributed by atoms with van der Waals surface area (Å²) in [5.74, 6) is 0.795. The topological polar surface area (TPSA) is 68.3 Å². The van der Waals surface area contributed by atoms with Gasteiger partial charge in [-0.05, 0) is 18.6 Å². The molecule has 0 saturated heterocycles. The van der Waals surface area contributed by atoms with E-state index in [2.05, 4.69) is 5.32 Å². The van der Waals surface area contributed by atoms with Crippen molar-refractivity contribution < 1.29 is 9.21 Å². The van der Waals surface area contributed by atoms with E-state index in [4.69, 9.17) is 10.2 Å². The molecular weight excluding hydrogens is 276 g/mol. The van der Waals surface area contributed by atoms with E-state index in [-0.39, 0.29) is 18.3 Å². The second-order valence-corrected chi connectivity index (χ2v) is 4.69. The van der Waals surface area contributed by atoms with Crippen LogP contribution in [-0.4, -0.2) is 18.5 Å². The molecule has 0 saturated carbocycles. The Balaban J connectivity index is 0.00000200. The molecule has 1 heterocycles. The molecule has 0 aliphatic carbocycles. The number of nitrogens with one attached hydrogen (secondary N) is 1. The fraction of sp³-hybridized carbons (Fsp3) is 0.400. The third-order valence-corrected chi connectivity index (χ3v) is 3.08. The summed E-state index contributed by atoms with van der Waals surface area (Å²) in [6, 6.07) is 9.48. The fourth-order valence-electron chi connectivity index (χ4n) is 2.04. The van der Waals surface area contributed by atoms with Gasteiger partial charge in [-0.15, -0.1) is 12.4 Å². The highest BCUT2D eigenvalue weighted by atomic mass is 35.5. The average molecular weight is 297 g/mol. The number of halogens is 1. The molecule has 0 bridgehead atoms. The Labute approximate surface area is 125 Å². The van der Waals surface area contributed by atoms with Crippen LogP contribution < -0.4 is 11.1 Å². The number of rotatable bonds is 6. The maximum atomic E-state index is 11.6. The van der Waals surface area contributed by atoms with Crippen molar-refractivity contribution in [2.75, 3.05) is 6.54 Å². The first-order valence-electron chi connectivity index (χ1n) is 6.71. The second-order valence-electron chi connectivity index (χ2n) is 4.69. The lowest BCUT2D eigenvalue weighted by molar-refractivity contribution is -0.122. The number of carbonyl (C=O) groups excluding carboxylic acids is 1. The van der Waals surface area contributed by atoms with Crippen molar-refractivity contribution in [1.82, 2.24) is 5.32 Å². The Bertz CT molecular complexity index is 521. The monoisotopic (exact) mass is 296 g/mol. The van der Waals surface area contributed by atoms with Gasteiger partial charge in [0, 0.05) is 18.4 Å². The lowest BCUT2D eigenvalue weighted by Gasteiger charge is -2.10. The lowest BCUT2D eigenvalue weighted by Crippen LogP contribution is -2.41. The largest absolute Gasteiger partial charge is 0.461 e. The van der Waals surface area contributed by atoms with Crippen LogP contribution in [0.15, 0.2) is 34.7 Å². The number of nitrogens with two attached hydrogens (primary N) is 1. The minimum Gasteiger partial charge on any atom is -0.461 e. The SMILES string of the molecule is CCCC(N)C(=O)NCCc1cc2ccccc2o1.Cl. The summed E-state index contributed by atoms with van der Waals surface area (Å²) >= 11 is 0. The van der Waals surface area contributed by atoms with Crippen LogP contribution in [0, 0.1) is 0 Å². The van der Waals surface area contributed by atoms with E-state index in [9.17, 15) is 4.79 Å². The van der Waals surface area contributed by atoms with Crippen LogP contribution in [0.3, 0.4) is 0 Å². The first kappa shape index (κ1) is 16.5. The number of amides is 1. The van der Waals surface area contributed by atoms with Gasteiger partial charge in [0.25, 0.3) is 0 Å². The summed E-state index contributed by atoms with van der Waals surface area (Å²) in [4.78, 5) is 11.6. The molecule has 1 atom stereocenters. The van der Waals surface area contributed by atoms with Crippen molar-refractivity contribution in [3.8, 4) is 0 Å². The van der Waals surface area contributed by atoms with Gasteiger partial charge in [-0.2, -0.15) is 0 Å². The van der Waals surface area contributed by atoms with Gasteiger partial charge in [-0.3, -0.25) is 4.79 Å². The van der Waals surface area contributed by atoms with Gasteiger partial charge in [0.05, 0.1) is 6.04 Å². The summed E-state index contributed by atoms with van der Waals surface area (Å²) in [6.45, 7) is 2.57. The van der Waals surface area contributed by atoms with E-state index >= 15 is 0 Å². The molecule has 1 aromatic heterocycles. The average Bonchev–Trinajstić information content (AvgIpc) is 2.81. The Morgan fingerprint density at radius 1 is 1.40 bits per heavy atom. The van der Waals surface area contributed by atoms with Crippen LogP contribution >= 0.6 is 12.4 Å². The van der Waals surface area contributed by atoms with E-state index < -0.39 is 6.04 Å². The highest BCUT2D eigenvalue weighted by Crippen LogP contribution is 2.18. The van der Waals surface area contributed by atoms with Gasteiger partial charge >= 0.3 is 0 Å². The smallest absolute Gasteiger partial charge is 0.236 e. The zero-order valence-corrected chi connectivity index (χ0v) is 12.4. The number of carbonyl (C=O) groups is 1. The van der Waals surface area contributed by atoms with Crippen molar-refractivity contribution in [3.05, 3.63) is 36.1 Å². The Morgan fingerprint density at radius 2 is 2.15 bits per heavy atom. The van der Waals surface area contributed by atoms with Gasteiger partial charge in [-0.1, -0.05) is 31.5 Å². The van der Waals surface area contributed by atoms with Crippen LogP contribution in [0.4, 0.5) is 0 Å². The van der Waals surface area contributed by atoms with Crippen molar-refractivity contribution >= 4 is 29.3 Å². The maximum absolute atomic E-state index is 11.6. The molecule has 0 spiro atoms. The van der Waals surface area contributed by atoms with Gasteiger partial charge in [0.1, 0.15) is 11.3 Å². The minimum absolute atomic E-state index is 0. The van der Waals surface area contributed by atoms with E-state index in [1.807, 2.05) is 37.3 Å². The molecule has 0 aliphatic rings. The summed E-state index contributed by atoms with van der Waals surface area (Å²) in [5.41, 5.74) is 6.61. The van der Waals surface area contributed by atoms with E-state index in [1.165, 1.54) is 0 Å². The molecule has 110 valence electrons. The molecule has 1 aromatic carbocycles. The van der Waals surface area contributed by atoms with Crippen LogP contribution in [0.25, 0.3) is 11.0 Å². The van der Waals surface area contributed by atoms with Crippen LogP contribution in [0.5, 0.6) is 0 Å². The van der Waals surface area contributed by atoms with Gasteiger partial charge < -0.3 is 15.5 Å². The van der Waals surface area contributed by atoms with Crippen LogP contribution in [-0.2, 0) is 11.2 Å². The molecule has 5 heteroatoms. The number of hydrogen-bond donors (Lipinski definition) is 2. The third kappa shape index (κ3) is 4.25. The van der Waals surface area contributed by atoms with Crippen molar-refractivity contribution in [2.24, 2.45) is 5.73 Å². The molecule has 2 rings (SSSR count). The van der Waals surface area contributed by atoms with Crippen LogP contribution in [0.1, 0.15) is 25.5 Å². The summed E-state index contributed by atoms with van der Waals surface area (Å²) in [7, 11) is 0. The lowest BCUT2D eigenvalue weighted by atomic mass is 10.1. The highest BCUT2D eigenvalue weighted by molar-refractivity contribution is 5.85. The third-order valence-electron chi connectivity index (χ3n) is 3.08. The molecular formula is C15H21ClN2O2. The summed E-state index contributed by atoms with van der Waals surface area (Å²) < 4.78 is 5.68. The Hall–Kier alpha value is -1.52. The number of fused-ring (bicyclic) bond motifs is 1. The van der Waals surface area contributed by atoms with Crippen molar-refractivity contribution in [3.63, 3.8) is 0 Å². The Kier molecular flexibility index (Phi) is 6.55. The predicted molar refractivity (Wildman–Crippen MR) is 83.1 cm³/mol. The van der Waals surface area contributed by atoms with Gasteiger partial charge in [-0.25, -0.2) is 0 Å². The normalized spacial score (nSPS) is 11.9. The zero-order valence-electron chi connectivity index (χ0n) is 11.6. The van der Waals surface area contributed by atoms with Gasteiger partial charge in [0.2, 0.25) is 5.91 Å². The van der Waals surface area contributed by atoms with E-state index in [0.29, 0.717) is 13.0 Å². The first-order valence-corrected chi connectivity index (χ1v) is 6.71. The second kappa shape index (κ2) is 7.92. The molecule has 0 aliphatic heterocycles. The van der Waals surface area contributed by atoms with Gasteiger partial charge in [0.15, 0.2) is 0 Å². The standard InChI is InChI=1S/C15H20N2O2.ClH/c1-2-5-13(16)15(18)17-9-8-12-10-11-6-3-4-7-14(11)19-12;/h3-4,6-7,10,13H,2,5,8-9,16H2,1H3,(H,17,18);1H. The van der Waals surface area contributed by atoms with Crippen molar-refractivity contribution in [2.45, 2.75) is 32.2 Å². The minimum atomic E-state index is -0.402. The zero-order chi connectivity index (χ0) is 13.7. The predicted octanol–water partition coefficient (Wildman–Crippen LogP) is 2.64. The first-order chi connectivity index (χ1) is 9.20. The quantitative estimate of drug-likeness (QED) is 0.861. The number of furan rings is 1. The number of para-hydroxylation sites is 1. The molecule has 0 fully saturated rings. The number of hydrogen-bond acceptors (Lipinski definition) is 3.